The number of hydrogen-bond donors (Lipinski definition) is 3. The normalized spacial score (nSPS) is 10.1. The standard InChI is InChI=1S/C18H18BrN3O5S/c1-26-16(25)9-8-14(23)20-18(28)22-21-15(24)10-27-13-7-6-11-4-2-3-5-12(11)17(13)19/h2-7H,8-10H2,1H3,(H,21,24)(H2,20,22,23,28). The summed E-state index contributed by atoms with van der Waals surface area (Å²) in [4.78, 5) is 34.5. The van der Waals surface area contributed by atoms with Crippen LogP contribution >= 0.6 is 28.1 Å². The predicted octanol–water partition coefficient (Wildman–Crippen LogP) is 1.96. The Bertz CT molecular complexity index is 906. The Morgan fingerprint density at radius 3 is 2.54 bits per heavy atom. The Kier molecular flexibility index (Phi) is 8.15. The number of thiocarbonyl (C=S) groups is 1. The number of carbonyl (C=O) groups excluding carboxylic acids is 3. The van der Waals surface area contributed by atoms with E-state index in [-0.39, 0.29) is 24.6 Å². The monoisotopic (exact) mass is 467 g/mol. The number of halogens is 1. The second-order valence-electron chi connectivity index (χ2n) is 5.51. The Morgan fingerprint density at radius 1 is 1.04 bits per heavy atom. The van der Waals surface area contributed by atoms with Crippen molar-refractivity contribution in [3.8, 4) is 5.75 Å². The maximum atomic E-state index is 11.9. The average Bonchev–Trinajstić information content (AvgIpc) is 2.70. The molecule has 10 heteroatoms. The number of fused-ring (bicyclic) bond motifs is 1. The Labute approximate surface area is 175 Å². The summed E-state index contributed by atoms with van der Waals surface area (Å²) >= 11 is 8.36. The summed E-state index contributed by atoms with van der Waals surface area (Å²) in [5.74, 6) is -0.952. The average molecular weight is 468 g/mol. The number of esters is 1. The van der Waals surface area contributed by atoms with Crippen molar-refractivity contribution in [2.75, 3.05) is 13.7 Å². The molecule has 0 radical (unpaired) electrons. The summed E-state index contributed by atoms with van der Waals surface area (Å²) in [5, 5.41) is 4.24. The molecule has 0 unspecified atom stereocenters. The van der Waals surface area contributed by atoms with Gasteiger partial charge in [-0.1, -0.05) is 30.3 Å². The third-order valence-electron chi connectivity index (χ3n) is 3.54. The van der Waals surface area contributed by atoms with Gasteiger partial charge in [0.2, 0.25) is 5.91 Å². The van der Waals surface area contributed by atoms with Gasteiger partial charge >= 0.3 is 5.97 Å². The number of hydrogen-bond acceptors (Lipinski definition) is 6. The maximum Gasteiger partial charge on any atom is 0.306 e. The van der Waals surface area contributed by atoms with Gasteiger partial charge in [0.05, 0.1) is 18.0 Å². The molecule has 0 aliphatic rings. The van der Waals surface area contributed by atoms with Crippen LogP contribution in [0.2, 0.25) is 0 Å². The quantitative estimate of drug-likeness (QED) is 0.338. The zero-order chi connectivity index (χ0) is 20.5. The van der Waals surface area contributed by atoms with Crippen molar-refractivity contribution in [2.24, 2.45) is 0 Å². The van der Waals surface area contributed by atoms with Crippen molar-refractivity contribution in [1.82, 2.24) is 16.2 Å². The summed E-state index contributed by atoms with van der Waals surface area (Å²) < 4.78 is 10.7. The Hall–Kier alpha value is -2.72. The fourth-order valence-corrected chi connectivity index (χ4v) is 2.94. The third kappa shape index (κ3) is 6.46. The fraction of sp³-hybridized carbons (Fsp3) is 0.222. The van der Waals surface area contributed by atoms with Gasteiger partial charge in [0.15, 0.2) is 11.7 Å². The van der Waals surface area contributed by atoms with E-state index >= 15 is 0 Å². The van der Waals surface area contributed by atoms with Gasteiger partial charge in [0.1, 0.15) is 5.75 Å². The minimum atomic E-state index is -0.501. The van der Waals surface area contributed by atoms with Crippen molar-refractivity contribution < 1.29 is 23.9 Å². The Balaban J connectivity index is 1.75. The third-order valence-corrected chi connectivity index (χ3v) is 4.56. The number of methoxy groups -OCH3 is 1. The topological polar surface area (TPSA) is 106 Å². The molecule has 0 atom stereocenters. The highest BCUT2D eigenvalue weighted by atomic mass is 79.9. The lowest BCUT2D eigenvalue weighted by Crippen LogP contribution is -2.49. The van der Waals surface area contributed by atoms with E-state index in [4.69, 9.17) is 17.0 Å². The first-order valence-electron chi connectivity index (χ1n) is 8.16. The molecule has 0 saturated heterocycles. The summed E-state index contributed by atoms with van der Waals surface area (Å²) in [7, 11) is 1.24. The van der Waals surface area contributed by atoms with Gasteiger partial charge in [-0.3, -0.25) is 25.2 Å². The van der Waals surface area contributed by atoms with Gasteiger partial charge in [0.25, 0.3) is 5.91 Å². The SMILES string of the molecule is COC(=O)CCC(=O)NC(=S)NNC(=O)COc1ccc2ccccc2c1Br. The number of ether oxygens (including phenoxy) is 2. The summed E-state index contributed by atoms with van der Waals surface area (Å²) in [6.45, 7) is -0.261. The predicted molar refractivity (Wildman–Crippen MR) is 110 cm³/mol. The largest absolute Gasteiger partial charge is 0.483 e. The second kappa shape index (κ2) is 10.6. The zero-order valence-corrected chi connectivity index (χ0v) is 17.3. The second-order valence-corrected chi connectivity index (χ2v) is 6.72. The van der Waals surface area contributed by atoms with E-state index in [0.29, 0.717) is 5.75 Å². The number of benzene rings is 2. The number of carbonyl (C=O) groups is 3. The highest BCUT2D eigenvalue weighted by Crippen LogP contribution is 2.32. The van der Waals surface area contributed by atoms with Gasteiger partial charge in [-0.25, -0.2) is 0 Å². The smallest absolute Gasteiger partial charge is 0.306 e. The molecule has 0 spiro atoms. The molecule has 2 aromatic rings. The van der Waals surface area contributed by atoms with Crippen molar-refractivity contribution in [1.29, 1.82) is 0 Å². The zero-order valence-electron chi connectivity index (χ0n) is 14.9. The molecule has 0 saturated carbocycles. The highest BCUT2D eigenvalue weighted by Gasteiger charge is 2.11. The lowest BCUT2D eigenvalue weighted by molar-refractivity contribution is -0.142. The first-order chi connectivity index (χ1) is 13.4. The first kappa shape index (κ1) is 21.6. The van der Waals surface area contributed by atoms with Gasteiger partial charge in [-0.15, -0.1) is 0 Å². The molecular formula is C18H18BrN3O5S. The minimum absolute atomic E-state index is 0.0637. The van der Waals surface area contributed by atoms with Crippen LogP contribution in [0.15, 0.2) is 40.9 Å². The molecule has 148 valence electrons. The van der Waals surface area contributed by atoms with Crippen LogP contribution in [0.3, 0.4) is 0 Å². The van der Waals surface area contributed by atoms with Crippen LogP contribution in [0.25, 0.3) is 10.8 Å². The van der Waals surface area contributed by atoms with E-state index in [9.17, 15) is 14.4 Å². The van der Waals surface area contributed by atoms with Gasteiger partial charge < -0.3 is 14.8 Å². The Morgan fingerprint density at radius 2 is 1.79 bits per heavy atom. The summed E-state index contributed by atoms with van der Waals surface area (Å²) in [6.07, 6.45) is -0.146. The number of rotatable bonds is 6. The molecule has 0 heterocycles. The number of hydrazine groups is 1. The molecule has 0 fully saturated rings. The van der Waals surface area contributed by atoms with Crippen LogP contribution < -0.4 is 20.9 Å². The number of amides is 2. The van der Waals surface area contributed by atoms with E-state index < -0.39 is 17.8 Å². The van der Waals surface area contributed by atoms with Crippen molar-refractivity contribution in [3.63, 3.8) is 0 Å². The summed E-state index contributed by atoms with van der Waals surface area (Å²) in [5.41, 5.74) is 4.70. The van der Waals surface area contributed by atoms with Crippen LogP contribution in [-0.4, -0.2) is 36.6 Å². The minimum Gasteiger partial charge on any atom is -0.483 e. The maximum absolute atomic E-state index is 11.9. The van der Waals surface area contributed by atoms with Crippen molar-refractivity contribution >= 4 is 61.8 Å². The molecule has 8 nitrogen and oxygen atoms in total. The van der Waals surface area contributed by atoms with E-state index in [1.54, 1.807) is 6.07 Å². The van der Waals surface area contributed by atoms with Gasteiger partial charge in [-0.2, -0.15) is 0 Å². The molecule has 3 N–H and O–H groups in total. The van der Waals surface area contributed by atoms with E-state index in [1.807, 2.05) is 30.3 Å². The molecule has 0 aliphatic carbocycles. The van der Waals surface area contributed by atoms with Crippen molar-refractivity contribution in [3.05, 3.63) is 40.9 Å². The van der Waals surface area contributed by atoms with E-state index in [2.05, 4.69) is 36.8 Å². The summed E-state index contributed by atoms with van der Waals surface area (Å²) in [6, 6.07) is 11.4. The van der Waals surface area contributed by atoms with Crippen molar-refractivity contribution in [2.45, 2.75) is 12.8 Å². The first-order valence-corrected chi connectivity index (χ1v) is 9.36. The van der Waals surface area contributed by atoms with E-state index in [1.165, 1.54) is 7.11 Å². The van der Waals surface area contributed by atoms with Crippen LogP contribution in [-0.2, 0) is 19.1 Å². The molecule has 0 aliphatic heterocycles. The lowest BCUT2D eigenvalue weighted by atomic mass is 10.1. The molecule has 2 rings (SSSR count). The van der Waals surface area contributed by atoms with Crippen LogP contribution in [0.4, 0.5) is 0 Å². The van der Waals surface area contributed by atoms with Crippen LogP contribution in [0.1, 0.15) is 12.8 Å². The van der Waals surface area contributed by atoms with Gasteiger partial charge in [0, 0.05) is 6.42 Å². The number of nitrogens with one attached hydrogen (secondary N) is 3. The van der Waals surface area contributed by atoms with Crippen LogP contribution in [0, 0.1) is 0 Å². The lowest BCUT2D eigenvalue weighted by Gasteiger charge is -2.12. The molecule has 2 amide bonds. The molecular weight excluding hydrogens is 450 g/mol. The molecule has 0 bridgehead atoms. The highest BCUT2D eigenvalue weighted by molar-refractivity contribution is 9.10. The van der Waals surface area contributed by atoms with Crippen LogP contribution in [0.5, 0.6) is 5.75 Å². The fourth-order valence-electron chi connectivity index (χ4n) is 2.17. The molecule has 28 heavy (non-hydrogen) atoms. The van der Waals surface area contributed by atoms with Gasteiger partial charge in [-0.05, 0) is 45.0 Å². The molecule has 2 aromatic carbocycles. The van der Waals surface area contributed by atoms with E-state index in [0.717, 1.165) is 15.2 Å². The molecule has 0 aromatic heterocycles.